The van der Waals surface area contributed by atoms with Crippen molar-refractivity contribution < 1.29 is 18.7 Å². The fourth-order valence-corrected chi connectivity index (χ4v) is 3.02. The number of nitrogens with zero attached hydrogens (tertiary/aromatic N) is 1. The SMILES string of the molecule is CN(C)C(=O)COc1ccccc1C(=O)NCCSCc1ccccc1F. The predicted molar refractivity (Wildman–Crippen MR) is 106 cm³/mol. The number of rotatable bonds is 9. The molecule has 0 heterocycles. The number of likely N-dealkylation sites (N-methyl/N-ethyl adjacent to an activating group) is 1. The number of halogens is 1. The lowest BCUT2D eigenvalue weighted by atomic mass is 10.2. The standard InChI is InChI=1S/C20H23FN2O3S/c1-23(2)19(24)13-26-18-10-6-4-8-16(18)20(25)22-11-12-27-14-15-7-3-5-9-17(15)21/h3-10H,11-14H2,1-2H3,(H,22,25). The number of hydrogen-bond donors (Lipinski definition) is 1. The van der Waals surface area contributed by atoms with E-state index in [-0.39, 0.29) is 24.2 Å². The van der Waals surface area contributed by atoms with Gasteiger partial charge in [-0.1, -0.05) is 30.3 Å². The molecule has 2 amide bonds. The van der Waals surface area contributed by atoms with Gasteiger partial charge in [0.25, 0.3) is 11.8 Å². The highest BCUT2D eigenvalue weighted by Gasteiger charge is 2.13. The second-order valence-electron chi connectivity index (χ2n) is 5.97. The molecule has 0 fully saturated rings. The zero-order valence-corrected chi connectivity index (χ0v) is 16.2. The van der Waals surface area contributed by atoms with Crippen LogP contribution in [0, 0.1) is 5.82 Å². The zero-order chi connectivity index (χ0) is 19.6. The summed E-state index contributed by atoms with van der Waals surface area (Å²) in [6.07, 6.45) is 0. The first-order valence-electron chi connectivity index (χ1n) is 8.50. The van der Waals surface area contributed by atoms with Crippen molar-refractivity contribution >= 4 is 23.6 Å². The average Bonchev–Trinajstić information content (AvgIpc) is 2.67. The minimum absolute atomic E-state index is 0.129. The van der Waals surface area contributed by atoms with E-state index >= 15 is 0 Å². The highest BCUT2D eigenvalue weighted by atomic mass is 32.2. The molecule has 0 saturated carbocycles. The molecular weight excluding hydrogens is 367 g/mol. The predicted octanol–water partition coefficient (Wildman–Crippen LogP) is 2.96. The van der Waals surface area contributed by atoms with Gasteiger partial charge in [-0.15, -0.1) is 0 Å². The molecule has 0 aliphatic rings. The minimum Gasteiger partial charge on any atom is -0.483 e. The summed E-state index contributed by atoms with van der Waals surface area (Å²) >= 11 is 1.54. The van der Waals surface area contributed by atoms with Crippen molar-refractivity contribution in [3.8, 4) is 5.75 Å². The van der Waals surface area contributed by atoms with E-state index in [0.717, 1.165) is 0 Å². The third kappa shape index (κ3) is 6.60. The lowest BCUT2D eigenvalue weighted by molar-refractivity contribution is -0.130. The number of nitrogens with one attached hydrogen (secondary N) is 1. The van der Waals surface area contributed by atoms with Crippen LogP contribution in [0.1, 0.15) is 15.9 Å². The van der Waals surface area contributed by atoms with Crippen LogP contribution in [0.25, 0.3) is 0 Å². The Hall–Kier alpha value is -2.54. The van der Waals surface area contributed by atoms with Gasteiger partial charge in [-0.05, 0) is 23.8 Å². The maximum Gasteiger partial charge on any atom is 0.259 e. The number of carbonyl (C=O) groups excluding carboxylic acids is 2. The third-order valence-corrected chi connectivity index (χ3v) is 4.74. The lowest BCUT2D eigenvalue weighted by Crippen LogP contribution is -2.29. The Morgan fingerprint density at radius 1 is 1.11 bits per heavy atom. The zero-order valence-electron chi connectivity index (χ0n) is 15.4. The molecule has 2 aromatic carbocycles. The van der Waals surface area contributed by atoms with Crippen LogP contribution >= 0.6 is 11.8 Å². The Morgan fingerprint density at radius 3 is 2.56 bits per heavy atom. The van der Waals surface area contributed by atoms with Crippen molar-refractivity contribution in [2.45, 2.75) is 5.75 Å². The Labute approximate surface area is 162 Å². The molecule has 7 heteroatoms. The van der Waals surface area contributed by atoms with Crippen LogP contribution in [-0.4, -0.2) is 49.7 Å². The van der Waals surface area contributed by atoms with Crippen LogP contribution in [0.2, 0.25) is 0 Å². The Morgan fingerprint density at radius 2 is 1.81 bits per heavy atom. The van der Waals surface area contributed by atoms with Gasteiger partial charge in [-0.2, -0.15) is 11.8 Å². The molecule has 5 nitrogen and oxygen atoms in total. The molecule has 0 aromatic heterocycles. The second-order valence-corrected chi connectivity index (χ2v) is 7.08. The molecule has 0 bridgehead atoms. The summed E-state index contributed by atoms with van der Waals surface area (Å²) in [7, 11) is 3.28. The Kier molecular flexibility index (Phi) is 8.13. The van der Waals surface area contributed by atoms with Crippen molar-refractivity contribution in [2.75, 3.05) is 33.0 Å². The normalized spacial score (nSPS) is 10.3. The van der Waals surface area contributed by atoms with Gasteiger partial charge in [-0.25, -0.2) is 4.39 Å². The maximum absolute atomic E-state index is 13.5. The maximum atomic E-state index is 13.5. The van der Waals surface area contributed by atoms with Gasteiger partial charge in [0.05, 0.1) is 5.56 Å². The highest BCUT2D eigenvalue weighted by Crippen LogP contribution is 2.18. The molecule has 0 atom stereocenters. The molecule has 0 spiro atoms. The van der Waals surface area contributed by atoms with E-state index in [4.69, 9.17) is 4.74 Å². The van der Waals surface area contributed by atoms with Crippen LogP contribution in [0.5, 0.6) is 5.75 Å². The Balaban J connectivity index is 1.80. The van der Waals surface area contributed by atoms with E-state index in [1.54, 1.807) is 68.3 Å². The van der Waals surface area contributed by atoms with Gasteiger partial charge in [0.15, 0.2) is 6.61 Å². The first-order chi connectivity index (χ1) is 13.0. The van der Waals surface area contributed by atoms with Crippen molar-refractivity contribution in [1.82, 2.24) is 10.2 Å². The van der Waals surface area contributed by atoms with Crippen molar-refractivity contribution in [3.05, 3.63) is 65.5 Å². The highest BCUT2D eigenvalue weighted by molar-refractivity contribution is 7.98. The first kappa shape index (κ1) is 20.8. The van der Waals surface area contributed by atoms with Crippen LogP contribution in [0.15, 0.2) is 48.5 Å². The summed E-state index contributed by atoms with van der Waals surface area (Å²) in [4.78, 5) is 25.5. The molecule has 0 aliphatic carbocycles. The van der Waals surface area contributed by atoms with E-state index in [1.165, 1.54) is 11.0 Å². The quantitative estimate of drug-likeness (QED) is 0.669. The van der Waals surface area contributed by atoms with Gasteiger partial charge in [0.2, 0.25) is 0 Å². The fourth-order valence-electron chi connectivity index (χ4n) is 2.18. The van der Waals surface area contributed by atoms with Gasteiger partial charge in [-0.3, -0.25) is 9.59 Å². The molecule has 144 valence electrons. The first-order valence-corrected chi connectivity index (χ1v) is 9.66. The molecule has 1 N–H and O–H groups in total. The van der Waals surface area contributed by atoms with Crippen LogP contribution < -0.4 is 10.1 Å². The van der Waals surface area contributed by atoms with E-state index in [1.807, 2.05) is 0 Å². The number of carbonyl (C=O) groups is 2. The molecule has 0 radical (unpaired) electrons. The number of hydrogen-bond acceptors (Lipinski definition) is 4. The number of benzene rings is 2. The molecular formula is C20H23FN2O3S. The topological polar surface area (TPSA) is 58.6 Å². The second kappa shape index (κ2) is 10.6. The van der Waals surface area contributed by atoms with Crippen molar-refractivity contribution in [1.29, 1.82) is 0 Å². The molecule has 27 heavy (non-hydrogen) atoms. The summed E-state index contributed by atoms with van der Waals surface area (Å²) in [5, 5.41) is 2.82. The van der Waals surface area contributed by atoms with E-state index in [0.29, 0.717) is 34.9 Å². The largest absolute Gasteiger partial charge is 0.483 e. The van der Waals surface area contributed by atoms with Crippen LogP contribution in [-0.2, 0) is 10.5 Å². The van der Waals surface area contributed by atoms with Gasteiger partial charge >= 0.3 is 0 Å². The van der Waals surface area contributed by atoms with E-state index < -0.39 is 0 Å². The number of ether oxygens (including phenoxy) is 1. The fraction of sp³-hybridized carbons (Fsp3) is 0.300. The van der Waals surface area contributed by atoms with E-state index in [9.17, 15) is 14.0 Å². The van der Waals surface area contributed by atoms with Crippen LogP contribution in [0.3, 0.4) is 0 Å². The van der Waals surface area contributed by atoms with Gasteiger partial charge in [0.1, 0.15) is 11.6 Å². The molecule has 2 rings (SSSR count). The lowest BCUT2D eigenvalue weighted by Gasteiger charge is -2.14. The average molecular weight is 390 g/mol. The van der Waals surface area contributed by atoms with Crippen molar-refractivity contribution in [3.63, 3.8) is 0 Å². The van der Waals surface area contributed by atoms with Gasteiger partial charge in [0, 0.05) is 32.1 Å². The number of amides is 2. The summed E-state index contributed by atoms with van der Waals surface area (Å²) in [6.45, 7) is 0.318. The third-order valence-electron chi connectivity index (χ3n) is 3.73. The number of thioether (sulfide) groups is 1. The molecule has 0 saturated heterocycles. The Bertz CT molecular complexity index is 783. The summed E-state index contributed by atoms with van der Waals surface area (Å²) < 4.78 is 19.0. The smallest absolute Gasteiger partial charge is 0.259 e. The summed E-state index contributed by atoms with van der Waals surface area (Å²) in [6, 6.07) is 13.5. The number of para-hydroxylation sites is 1. The summed E-state index contributed by atoms with van der Waals surface area (Å²) in [5.74, 6) is 0.901. The molecule has 0 unspecified atom stereocenters. The molecule has 2 aromatic rings. The minimum atomic E-state index is -0.269. The van der Waals surface area contributed by atoms with Crippen molar-refractivity contribution in [2.24, 2.45) is 0 Å². The van der Waals surface area contributed by atoms with E-state index in [2.05, 4.69) is 5.32 Å². The summed E-state index contributed by atoms with van der Waals surface area (Å²) in [5.41, 5.74) is 1.03. The van der Waals surface area contributed by atoms with Crippen LogP contribution in [0.4, 0.5) is 4.39 Å². The molecule has 0 aliphatic heterocycles. The van der Waals surface area contributed by atoms with Gasteiger partial charge < -0.3 is 15.0 Å². The monoisotopic (exact) mass is 390 g/mol.